The number of aromatic nitrogens is 2. The van der Waals surface area contributed by atoms with Crippen molar-refractivity contribution in [2.24, 2.45) is 0 Å². The van der Waals surface area contributed by atoms with Gasteiger partial charge in [-0.25, -0.2) is 4.98 Å². The molecule has 0 atom stereocenters. The Kier molecular flexibility index (Phi) is 2.29. The Hall–Kier alpha value is -2.04. The van der Waals surface area contributed by atoms with Crippen LogP contribution in [-0.4, -0.2) is 14.9 Å². The largest absolute Gasteiger partial charge is 0.264 e. The van der Waals surface area contributed by atoms with Crippen LogP contribution in [0, 0.1) is 17.0 Å². The van der Waals surface area contributed by atoms with Crippen molar-refractivity contribution in [3.05, 3.63) is 45.8 Å². The molecule has 0 unspecified atom stereocenters. The predicted molar refractivity (Wildman–Crippen MR) is 55.0 cm³/mol. The summed E-state index contributed by atoms with van der Waals surface area (Å²) in [5.74, 6) is 0. The van der Waals surface area contributed by atoms with Crippen LogP contribution in [0.4, 0.5) is 0 Å². The SMILES string of the molecule is Cc1ccc2ncc(C[N+](=O)[O-])nc2c1. The average Bonchev–Trinajstić information content (AvgIpc) is 2.16. The van der Waals surface area contributed by atoms with Gasteiger partial charge in [0.1, 0.15) is 5.69 Å². The smallest absolute Gasteiger partial charge is 0.247 e. The maximum absolute atomic E-state index is 10.3. The molecule has 5 nitrogen and oxygen atoms in total. The lowest BCUT2D eigenvalue weighted by atomic mass is 10.2. The molecule has 0 aliphatic carbocycles. The van der Waals surface area contributed by atoms with Gasteiger partial charge >= 0.3 is 0 Å². The van der Waals surface area contributed by atoms with E-state index in [1.54, 1.807) is 0 Å². The zero-order valence-corrected chi connectivity index (χ0v) is 8.17. The van der Waals surface area contributed by atoms with Gasteiger partial charge in [-0.15, -0.1) is 0 Å². The van der Waals surface area contributed by atoms with Gasteiger partial charge in [0.05, 0.1) is 17.2 Å². The Balaban J connectivity index is 2.49. The number of benzene rings is 1. The number of hydrogen-bond acceptors (Lipinski definition) is 4. The lowest BCUT2D eigenvalue weighted by Gasteiger charge is -1.99. The Bertz CT molecular complexity index is 525. The second-order valence-corrected chi connectivity index (χ2v) is 3.34. The van der Waals surface area contributed by atoms with Crippen molar-refractivity contribution in [1.29, 1.82) is 0 Å². The number of hydrogen-bond donors (Lipinski definition) is 0. The van der Waals surface area contributed by atoms with Gasteiger partial charge < -0.3 is 0 Å². The maximum atomic E-state index is 10.3. The van der Waals surface area contributed by atoms with Crippen LogP contribution in [0.2, 0.25) is 0 Å². The number of nitrogens with zero attached hydrogens (tertiary/aromatic N) is 3. The van der Waals surface area contributed by atoms with E-state index in [0.717, 1.165) is 11.1 Å². The van der Waals surface area contributed by atoms with Crippen LogP contribution in [0.3, 0.4) is 0 Å². The molecule has 0 amide bonds. The summed E-state index contributed by atoms with van der Waals surface area (Å²) in [5, 5.41) is 10.3. The molecule has 0 fully saturated rings. The molecule has 1 aromatic heterocycles. The molecule has 2 rings (SSSR count). The number of rotatable bonds is 2. The minimum Gasteiger partial charge on any atom is -0.264 e. The van der Waals surface area contributed by atoms with Crippen LogP contribution in [-0.2, 0) is 6.54 Å². The second kappa shape index (κ2) is 3.61. The summed E-state index contributed by atoms with van der Waals surface area (Å²) in [4.78, 5) is 18.2. The first kappa shape index (κ1) is 9.51. The summed E-state index contributed by atoms with van der Waals surface area (Å²) in [7, 11) is 0. The lowest BCUT2D eigenvalue weighted by Crippen LogP contribution is -2.01. The van der Waals surface area contributed by atoms with E-state index in [1.807, 2.05) is 25.1 Å². The molecule has 76 valence electrons. The molecule has 0 aliphatic heterocycles. The van der Waals surface area contributed by atoms with Gasteiger partial charge in [0.25, 0.3) is 0 Å². The molecule has 5 heteroatoms. The van der Waals surface area contributed by atoms with Crippen LogP contribution in [0.25, 0.3) is 11.0 Å². The Morgan fingerprint density at radius 3 is 2.93 bits per heavy atom. The molecule has 0 saturated carbocycles. The third-order valence-corrected chi connectivity index (χ3v) is 2.04. The third-order valence-electron chi connectivity index (χ3n) is 2.04. The second-order valence-electron chi connectivity index (χ2n) is 3.34. The zero-order chi connectivity index (χ0) is 10.8. The number of fused-ring (bicyclic) bond motifs is 1. The highest BCUT2D eigenvalue weighted by Gasteiger charge is 2.05. The van der Waals surface area contributed by atoms with E-state index in [0.29, 0.717) is 11.2 Å². The first-order valence-electron chi connectivity index (χ1n) is 4.49. The van der Waals surface area contributed by atoms with E-state index in [-0.39, 0.29) is 6.54 Å². The van der Waals surface area contributed by atoms with Crippen LogP contribution in [0.1, 0.15) is 11.3 Å². The van der Waals surface area contributed by atoms with Crippen LogP contribution >= 0.6 is 0 Å². The summed E-state index contributed by atoms with van der Waals surface area (Å²) in [6.45, 7) is 1.66. The van der Waals surface area contributed by atoms with Crippen molar-refractivity contribution in [1.82, 2.24) is 9.97 Å². The van der Waals surface area contributed by atoms with Gasteiger partial charge in [0.2, 0.25) is 6.54 Å². The van der Waals surface area contributed by atoms with E-state index in [2.05, 4.69) is 9.97 Å². The van der Waals surface area contributed by atoms with Crippen molar-refractivity contribution in [2.75, 3.05) is 0 Å². The predicted octanol–water partition coefficient (Wildman–Crippen LogP) is 1.71. The number of nitro groups is 1. The number of aryl methyl sites for hydroxylation is 1. The fourth-order valence-electron chi connectivity index (χ4n) is 1.37. The third kappa shape index (κ3) is 2.07. The van der Waals surface area contributed by atoms with E-state index in [1.165, 1.54) is 6.20 Å². The quantitative estimate of drug-likeness (QED) is 0.550. The molecule has 0 radical (unpaired) electrons. The average molecular weight is 203 g/mol. The summed E-state index contributed by atoms with van der Waals surface area (Å²) in [6.07, 6.45) is 1.44. The fourth-order valence-corrected chi connectivity index (χ4v) is 1.37. The normalized spacial score (nSPS) is 10.5. The highest BCUT2D eigenvalue weighted by Crippen LogP contribution is 2.11. The summed E-state index contributed by atoms with van der Waals surface area (Å²) in [5.41, 5.74) is 2.91. The lowest BCUT2D eigenvalue weighted by molar-refractivity contribution is -0.497. The van der Waals surface area contributed by atoms with E-state index >= 15 is 0 Å². The minimum atomic E-state index is -0.411. The van der Waals surface area contributed by atoms with Gasteiger partial charge in [0, 0.05) is 4.92 Å². The molecule has 1 heterocycles. The molecule has 1 aromatic carbocycles. The molecule has 15 heavy (non-hydrogen) atoms. The molecule has 0 saturated heterocycles. The topological polar surface area (TPSA) is 68.9 Å². The Morgan fingerprint density at radius 2 is 2.20 bits per heavy atom. The van der Waals surface area contributed by atoms with Gasteiger partial charge in [-0.05, 0) is 24.6 Å². The molecule has 2 aromatic rings. The van der Waals surface area contributed by atoms with Crippen LogP contribution < -0.4 is 0 Å². The minimum absolute atomic E-state index is 0.281. The van der Waals surface area contributed by atoms with Gasteiger partial charge in [-0.2, -0.15) is 0 Å². The zero-order valence-electron chi connectivity index (χ0n) is 8.17. The van der Waals surface area contributed by atoms with Crippen molar-refractivity contribution >= 4 is 11.0 Å². The first-order valence-corrected chi connectivity index (χ1v) is 4.49. The molecule has 0 spiro atoms. The maximum Gasteiger partial charge on any atom is 0.247 e. The van der Waals surface area contributed by atoms with Gasteiger partial charge in [0.15, 0.2) is 0 Å². The Morgan fingerprint density at radius 1 is 1.40 bits per heavy atom. The summed E-state index contributed by atoms with van der Waals surface area (Å²) < 4.78 is 0. The monoisotopic (exact) mass is 203 g/mol. The van der Waals surface area contributed by atoms with Crippen molar-refractivity contribution < 1.29 is 4.92 Å². The first-order chi connectivity index (χ1) is 7.15. The molecule has 0 N–H and O–H groups in total. The highest BCUT2D eigenvalue weighted by atomic mass is 16.6. The van der Waals surface area contributed by atoms with Crippen molar-refractivity contribution in [3.8, 4) is 0 Å². The molecule has 0 aliphatic rings. The highest BCUT2D eigenvalue weighted by molar-refractivity contribution is 5.74. The van der Waals surface area contributed by atoms with E-state index in [4.69, 9.17) is 0 Å². The molecular weight excluding hydrogens is 194 g/mol. The van der Waals surface area contributed by atoms with E-state index in [9.17, 15) is 10.1 Å². The Labute approximate surface area is 85.9 Å². The van der Waals surface area contributed by atoms with Gasteiger partial charge in [-0.3, -0.25) is 15.1 Å². The summed E-state index contributed by atoms with van der Waals surface area (Å²) in [6, 6.07) is 5.66. The van der Waals surface area contributed by atoms with Crippen LogP contribution in [0.5, 0.6) is 0 Å². The standard InChI is InChI=1S/C10H9N3O2/c1-7-2-3-9-10(4-7)12-8(5-11-9)6-13(14)15/h2-5H,6H2,1H3. The van der Waals surface area contributed by atoms with Crippen molar-refractivity contribution in [3.63, 3.8) is 0 Å². The van der Waals surface area contributed by atoms with E-state index < -0.39 is 4.92 Å². The fraction of sp³-hybridized carbons (Fsp3) is 0.200. The van der Waals surface area contributed by atoms with Gasteiger partial charge in [-0.1, -0.05) is 6.07 Å². The van der Waals surface area contributed by atoms with Crippen LogP contribution in [0.15, 0.2) is 24.4 Å². The van der Waals surface area contributed by atoms with Crippen molar-refractivity contribution in [2.45, 2.75) is 13.5 Å². The molecular formula is C10H9N3O2. The summed E-state index contributed by atoms with van der Waals surface area (Å²) >= 11 is 0. The molecule has 0 bridgehead atoms.